The topological polar surface area (TPSA) is 17.1 Å². The van der Waals surface area contributed by atoms with E-state index in [9.17, 15) is 4.79 Å². The highest BCUT2D eigenvalue weighted by Crippen LogP contribution is 2.30. The summed E-state index contributed by atoms with van der Waals surface area (Å²) in [5.41, 5.74) is 2.15. The number of carbonyl (C=O) groups is 1. The summed E-state index contributed by atoms with van der Waals surface area (Å²) < 4.78 is 1.02. The van der Waals surface area contributed by atoms with E-state index in [1.54, 1.807) is 0 Å². The molecule has 0 saturated heterocycles. The normalized spacial score (nSPS) is 11.7. The minimum atomic E-state index is -0.181. The molecule has 2 rings (SSSR count). The van der Waals surface area contributed by atoms with Gasteiger partial charge >= 0.3 is 0 Å². The Morgan fingerprint density at radius 3 is 1.79 bits per heavy atom. The van der Waals surface area contributed by atoms with Crippen LogP contribution in [0.3, 0.4) is 0 Å². The van der Waals surface area contributed by atoms with Crippen LogP contribution in [0.15, 0.2) is 60.7 Å². The number of benzene rings is 2. The Kier molecular flexibility index (Phi) is 7.07. The van der Waals surface area contributed by atoms with Gasteiger partial charge in [-0.2, -0.15) is 0 Å². The van der Waals surface area contributed by atoms with Crippen molar-refractivity contribution in [2.75, 3.05) is 32.4 Å². The highest BCUT2D eigenvalue weighted by atomic mass is 32.2. The molecule has 2 nitrogen and oxygen atoms in total. The monoisotopic (exact) mass is 342 g/mol. The average molecular weight is 343 g/mol. The second-order valence-corrected chi connectivity index (χ2v) is 7.50. The molecule has 0 fully saturated rings. The van der Waals surface area contributed by atoms with Crippen LogP contribution in [0.4, 0.5) is 0 Å². The van der Waals surface area contributed by atoms with Gasteiger partial charge in [0.25, 0.3) is 0 Å². The zero-order valence-electron chi connectivity index (χ0n) is 14.9. The van der Waals surface area contributed by atoms with Crippen molar-refractivity contribution in [1.29, 1.82) is 0 Å². The Morgan fingerprint density at radius 1 is 0.917 bits per heavy atom. The summed E-state index contributed by atoms with van der Waals surface area (Å²) in [5, 5.41) is 0.242. The molecule has 0 unspecified atom stereocenters. The molecule has 0 heterocycles. The largest absolute Gasteiger partial charge is 0.326 e. The number of rotatable bonds is 8. The first-order valence-electron chi connectivity index (χ1n) is 8.69. The van der Waals surface area contributed by atoms with Crippen LogP contribution >= 0.6 is 11.8 Å². The summed E-state index contributed by atoms with van der Waals surface area (Å²) in [4.78, 5) is 13.0. The second kappa shape index (κ2) is 9.05. The quantitative estimate of drug-likeness (QED) is 0.654. The van der Waals surface area contributed by atoms with Crippen LogP contribution in [0.5, 0.6) is 0 Å². The first-order valence-corrected chi connectivity index (χ1v) is 9.68. The summed E-state index contributed by atoms with van der Waals surface area (Å²) in [7, 11) is 2.26. The van der Waals surface area contributed by atoms with Crippen molar-refractivity contribution in [2.24, 2.45) is 0 Å². The minimum absolute atomic E-state index is 0.181. The molecule has 0 aliphatic carbocycles. The molecule has 0 N–H and O–H groups in total. The Hall–Kier alpha value is -1.58. The van der Waals surface area contributed by atoms with Gasteiger partial charge in [0.2, 0.25) is 5.12 Å². The van der Waals surface area contributed by atoms with Gasteiger partial charge in [-0.25, -0.2) is 0 Å². The van der Waals surface area contributed by atoms with E-state index in [1.165, 1.54) is 11.8 Å². The number of nitrogens with zero attached hydrogens (tertiary/aromatic N) is 1. The minimum Gasteiger partial charge on any atom is -0.326 e. The maximum Gasteiger partial charge on any atom is 0.201 e. The van der Waals surface area contributed by atoms with Gasteiger partial charge in [0.1, 0.15) is 0 Å². The van der Waals surface area contributed by atoms with Crippen LogP contribution in [0.1, 0.15) is 30.9 Å². The van der Waals surface area contributed by atoms with Crippen LogP contribution in [0, 0.1) is 0 Å². The zero-order valence-corrected chi connectivity index (χ0v) is 15.8. The Labute approximate surface area is 150 Å². The fourth-order valence-electron chi connectivity index (χ4n) is 2.75. The molecule has 3 heteroatoms. The van der Waals surface area contributed by atoms with Crippen LogP contribution < -0.4 is 0 Å². The summed E-state index contributed by atoms with van der Waals surface area (Å²) >= 11 is 1.48. The lowest BCUT2D eigenvalue weighted by molar-refractivity contribution is -0.903. The van der Waals surface area contributed by atoms with Gasteiger partial charge in [-0.15, -0.1) is 0 Å². The molecular weight excluding hydrogens is 314 g/mol. The van der Waals surface area contributed by atoms with Crippen LogP contribution in [0.25, 0.3) is 0 Å². The summed E-state index contributed by atoms with van der Waals surface area (Å²) in [6, 6.07) is 20.2. The molecule has 0 aliphatic heterocycles. The number of hydrogen-bond donors (Lipinski definition) is 0. The third-order valence-electron chi connectivity index (χ3n) is 4.90. The van der Waals surface area contributed by atoms with Gasteiger partial charge in [0, 0.05) is 0 Å². The van der Waals surface area contributed by atoms with E-state index in [4.69, 9.17) is 0 Å². The van der Waals surface area contributed by atoms with Gasteiger partial charge in [-0.05, 0) is 25.0 Å². The van der Waals surface area contributed by atoms with E-state index in [-0.39, 0.29) is 11.0 Å². The molecule has 0 saturated carbocycles. The lowest BCUT2D eigenvalue weighted by Gasteiger charge is -2.32. The maximum atomic E-state index is 13.0. The molecule has 0 bridgehead atoms. The summed E-state index contributed by atoms with van der Waals surface area (Å²) in [6.07, 6.45) is 0. The Bertz CT molecular complexity index is 583. The standard InChI is InChI=1S/C21H28NOS/c1-4-22(3,5-2)16-17-24-21(23)20(18-12-8-6-9-13-18)19-14-10-7-11-15-19/h6-15,20H,4-5,16-17H2,1-3H3/q+1. The van der Waals surface area contributed by atoms with Gasteiger partial charge in [-0.1, -0.05) is 72.4 Å². The predicted molar refractivity (Wildman–Crippen MR) is 104 cm³/mol. The molecule has 0 aromatic heterocycles. The van der Waals surface area contributed by atoms with Crippen molar-refractivity contribution in [1.82, 2.24) is 0 Å². The van der Waals surface area contributed by atoms with Crippen LogP contribution in [-0.2, 0) is 4.79 Å². The maximum absolute atomic E-state index is 13.0. The number of carbonyl (C=O) groups excluding carboxylic acids is 1. The van der Waals surface area contributed by atoms with E-state index in [1.807, 2.05) is 60.7 Å². The lowest BCUT2D eigenvalue weighted by Crippen LogP contribution is -2.45. The first kappa shape index (κ1) is 18.8. The van der Waals surface area contributed by atoms with E-state index in [2.05, 4.69) is 20.9 Å². The molecule has 0 aliphatic rings. The number of thioether (sulfide) groups is 1. The molecule has 2 aromatic rings. The first-order chi connectivity index (χ1) is 11.6. The van der Waals surface area contributed by atoms with E-state index < -0.39 is 0 Å². The predicted octanol–water partition coefficient (Wildman–Crippen LogP) is 4.56. The van der Waals surface area contributed by atoms with Crippen LogP contribution in [0.2, 0.25) is 0 Å². The second-order valence-electron chi connectivity index (χ2n) is 6.40. The molecular formula is C21H28NOS+. The third-order valence-corrected chi connectivity index (χ3v) is 5.81. The number of hydrogen-bond acceptors (Lipinski definition) is 2. The van der Waals surface area contributed by atoms with Crippen molar-refractivity contribution in [3.63, 3.8) is 0 Å². The molecule has 0 atom stereocenters. The van der Waals surface area contributed by atoms with Crippen molar-refractivity contribution < 1.29 is 9.28 Å². The van der Waals surface area contributed by atoms with E-state index >= 15 is 0 Å². The third kappa shape index (κ3) is 4.96. The molecule has 0 spiro atoms. The van der Waals surface area contributed by atoms with Gasteiger partial charge in [0.05, 0.1) is 38.4 Å². The van der Waals surface area contributed by atoms with Crippen molar-refractivity contribution >= 4 is 16.9 Å². The van der Waals surface area contributed by atoms with E-state index in [0.29, 0.717) is 0 Å². The highest BCUT2D eigenvalue weighted by Gasteiger charge is 2.24. The fraction of sp³-hybridized carbons (Fsp3) is 0.381. The molecule has 128 valence electrons. The average Bonchev–Trinajstić information content (AvgIpc) is 2.63. The molecule has 2 aromatic carbocycles. The Balaban J connectivity index is 2.12. The summed E-state index contributed by atoms with van der Waals surface area (Å²) in [6.45, 7) is 7.66. The molecule has 0 amide bonds. The van der Waals surface area contributed by atoms with Gasteiger partial charge < -0.3 is 4.48 Å². The zero-order chi connectivity index (χ0) is 17.4. The van der Waals surface area contributed by atoms with Crippen LogP contribution in [-0.4, -0.2) is 42.0 Å². The van der Waals surface area contributed by atoms with Crippen molar-refractivity contribution in [2.45, 2.75) is 19.8 Å². The van der Waals surface area contributed by atoms with Gasteiger partial charge in [-0.3, -0.25) is 4.79 Å². The molecule has 24 heavy (non-hydrogen) atoms. The SMILES string of the molecule is CC[N+](C)(CC)CCSC(=O)C(c1ccccc1)c1ccccc1. The van der Waals surface area contributed by atoms with Crippen molar-refractivity contribution in [3.05, 3.63) is 71.8 Å². The highest BCUT2D eigenvalue weighted by molar-refractivity contribution is 8.13. The molecule has 0 radical (unpaired) electrons. The smallest absolute Gasteiger partial charge is 0.201 e. The van der Waals surface area contributed by atoms with Gasteiger partial charge in [0.15, 0.2) is 0 Å². The number of quaternary nitrogens is 1. The summed E-state index contributed by atoms with van der Waals surface area (Å²) in [5.74, 6) is 0.687. The van der Waals surface area contributed by atoms with Crippen molar-refractivity contribution in [3.8, 4) is 0 Å². The lowest BCUT2D eigenvalue weighted by atomic mass is 9.92. The Morgan fingerprint density at radius 2 is 1.38 bits per heavy atom. The fourth-order valence-corrected chi connectivity index (χ4v) is 3.92. The van der Waals surface area contributed by atoms with E-state index in [0.717, 1.165) is 41.0 Å².